The summed E-state index contributed by atoms with van der Waals surface area (Å²) in [7, 11) is 0. The molecule has 2 aromatic carbocycles. The largest absolute Gasteiger partial charge is 0.368 e. The van der Waals surface area contributed by atoms with Crippen LogP contribution >= 0.6 is 0 Å². The van der Waals surface area contributed by atoms with Crippen LogP contribution in [0.5, 0.6) is 0 Å². The van der Waals surface area contributed by atoms with Crippen LogP contribution in [0.3, 0.4) is 0 Å². The minimum Gasteiger partial charge on any atom is -0.368 e. The molecule has 0 heterocycles. The Hall–Kier alpha value is -4.44. The molecule has 5 amide bonds. The summed E-state index contributed by atoms with van der Waals surface area (Å²) in [6, 6.07) is 12.8. The average molecular weight is 691 g/mol. The fourth-order valence-corrected chi connectivity index (χ4v) is 4.85. The van der Waals surface area contributed by atoms with Gasteiger partial charge in [-0.25, -0.2) is 16.4 Å². The second-order valence-electron chi connectivity index (χ2n) is 12.4. The third-order valence-corrected chi connectivity index (χ3v) is 7.17. The molecule has 11 N–H and O–H groups in total. The van der Waals surface area contributed by atoms with Crippen molar-refractivity contribution in [3.8, 4) is 0 Å². The van der Waals surface area contributed by atoms with Crippen molar-refractivity contribution in [1.82, 2.24) is 21.8 Å². The highest BCUT2D eigenvalue weighted by Crippen LogP contribution is 2.19. The van der Waals surface area contributed by atoms with Crippen LogP contribution in [0.25, 0.3) is 10.8 Å². The predicted octanol–water partition coefficient (Wildman–Crippen LogP) is 2.27. The summed E-state index contributed by atoms with van der Waals surface area (Å²) in [5.74, 6) is -3.28. The lowest BCUT2D eigenvalue weighted by Crippen LogP contribution is -2.48. The molecule has 2 rings (SSSR count). The van der Waals surface area contributed by atoms with Gasteiger partial charge in [0, 0.05) is 37.5 Å². The molecule has 0 aliphatic carbocycles. The number of nitrogens with one attached hydrogen (secondary N) is 4. The van der Waals surface area contributed by atoms with E-state index >= 15 is 0 Å². The monoisotopic (exact) mass is 690 g/mol. The summed E-state index contributed by atoms with van der Waals surface area (Å²) in [6.45, 7) is 9.60. The van der Waals surface area contributed by atoms with Crippen LogP contribution in [0.15, 0.2) is 42.5 Å². The van der Waals surface area contributed by atoms with Crippen molar-refractivity contribution < 1.29 is 44.4 Å². The first-order valence-corrected chi connectivity index (χ1v) is 16.2. The standard InChI is InChI=1S/C21H27N3O4.C9H18N2O3.C4H9NO2/c1-13(2)9-17(12-19(25)24-28)21(27)23-18(20(22)26)11-14-7-8-15-5-3-4-6-16(15)10-14;1-6(2)3-7(8(12)5-10)4-9(13)11-14;1-2-3-4(6)5-7/h3-8,10,13,17-18,28H,9,11-12H2,1-2H3,(H2,22,26)(H,23,27)(H,24,25);6-7,14H,3-5,10H2,1-2H3,(H,11,13);7H,2-3H2,1H3,(H,5,6)/t17?,18-;;/m0../s1. The van der Waals surface area contributed by atoms with Crippen LogP contribution < -0.4 is 33.2 Å². The maximum Gasteiger partial charge on any atom is 0.244 e. The summed E-state index contributed by atoms with van der Waals surface area (Å²) < 4.78 is 0. The van der Waals surface area contributed by atoms with Gasteiger partial charge in [-0.3, -0.25) is 44.4 Å². The third kappa shape index (κ3) is 19.2. The Bertz CT molecular complexity index is 1350. The van der Waals surface area contributed by atoms with Gasteiger partial charge in [0.15, 0.2) is 0 Å². The number of carbonyl (C=O) groups is 6. The van der Waals surface area contributed by atoms with Crippen LogP contribution in [0, 0.1) is 23.7 Å². The molecule has 0 aromatic heterocycles. The zero-order chi connectivity index (χ0) is 37.5. The van der Waals surface area contributed by atoms with Gasteiger partial charge >= 0.3 is 0 Å². The number of Topliss-reactive ketones (excluding diaryl/α,β-unsaturated/α-hetero) is 1. The quantitative estimate of drug-likeness (QED) is 0.0863. The van der Waals surface area contributed by atoms with Gasteiger partial charge in [0.05, 0.1) is 6.54 Å². The van der Waals surface area contributed by atoms with Crippen LogP contribution in [0.1, 0.15) is 78.7 Å². The number of nitrogens with two attached hydrogens (primary N) is 2. The van der Waals surface area contributed by atoms with Crippen LogP contribution in [0.4, 0.5) is 0 Å². The molecule has 0 saturated heterocycles. The molecule has 2 aromatic rings. The van der Waals surface area contributed by atoms with Crippen molar-refractivity contribution in [3.63, 3.8) is 0 Å². The summed E-state index contributed by atoms with van der Waals surface area (Å²) >= 11 is 0. The Labute approximate surface area is 287 Å². The first-order chi connectivity index (χ1) is 23.1. The SMILES string of the molecule is CC(C)CC(CC(=O)NO)C(=O)CN.CC(C)CC(CC(=O)NO)C(=O)N[C@@H](Cc1ccc2ccccc2c1)C(N)=O.CCCC(=O)NO. The fraction of sp³-hybridized carbons (Fsp3) is 0.529. The van der Waals surface area contributed by atoms with Crippen molar-refractivity contribution in [3.05, 3.63) is 48.0 Å². The number of hydroxylamine groups is 3. The van der Waals surface area contributed by atoms with Crippen LogP contribution in [-0.4, -0.2) is 63.5 Å². The number of benzene rings is 2. The van der Waals surface area contributed by atoms with E-state index in [0.717, 1.165) is 22.8 Å². The minimum atomic E-state index is -0.888. The Kier molecular flexibility index (Phi) is 22.4. The van der Waals surface area contributed by atoms with E-state index in [0.29, 0.717) is 25.2 Å². The molecule has 3 atom stereocenters. The Morgan fingerprint density at radius 1 is 0.735 bits per heavy atom. The molecule has 15 nitrogen and oxygen atoms in total. The van der Waals surface area contributed by atoms with E-state index in [2.05, 4.69) is 5.32 Å². The molecule has 49 heavy (non-hydrogen) atoms. The van der Waals surface area contributed by atoms with E-state index < -0.39 is 35.6 Å². The van der Waals surface area contributed by atoms with Gasteiger partial charge in [0.25, 0.3) is 0 Å². The number of hydrogen-bond acceptors (Lipinski definition) is 10. The molecular weight excluding hydrogens is 636 g/mol. The van der Waals surface area contributed by atoms with Crippen LogP contribution in [-0.2, 0) is 35.2 Å². The number of ketones is 1. The first-order valence-electron chi connectivity index (χ1n) is 16.2. The molecule has 0 saturated carbocycles. The molecule has 0 aliphatic heterocycles. The third-order valence-electron chi connectivity index (χ3n) is 7.17. The second-order valence-corrected chi connectivity index (χ2v) is 12.4. The normalized spacial score (nSPS) is 12.3. The molecular formula is C34H54N6O9. The van der Waals surface area contributed by atoms with E-state index in [4.69, 9.17) is 27.1 Å². The van der Waals surface area contributed by atoms with Crippen molar-refractivity contribution in [2.24, 2.45) is 35.1 Å². The zero-order valence-electron chi connectivity index (χ0n) is 29.0. The van der Waals surface area contributed by atoms with Crippen molar-refractivity contribution in [1.29, 1.82) is 0 Å². The number of hydrogen-bond donors (Lipinski definition) is 9. The lowest BCUT2D eigenvalue weighted by Gasteiger charge is -2.22. The van der Waals surface area contributed by atoms with Crippen LogP contribution in [0.2, 0.25) is 0 Å². The van der Waals surface area contributed by atoms with Gasteiger partial charge in [0.1, 0.15) is 11.8 Å². The maximum atomic E-state index is 12.7. The molecule has 0 radical (unpaired) electrons. The number of fused-ring (bicyclic) bond motifs is 1. The first kappa shape index (κ1) is 44.6. The fourth-order valence-electron chi connectivity index (χ4n) is 4.85. The number of carbonyl (C=O) groups excluding carboxylic acids is 6. The van der Waals surface area contributed by atoms with E-state index in [-0.39, 0.29) is 49.3 Å². The summed E-state index contributed by atoms with van der Waals surface area (Å²) in [4.78, 5) is 68.3. The van der Waals surface area contributed by atoms with E-state index in [1.165, 1.54) is 11.0 Å². The zero-order valence-corrected chi connectivity index (χ0v) is 29.0. The molecule has 0 fully saturated rings. The van der Waals surface area contributed by atoms with Gasteiger partial charge in [-0.15, -0.1) is 0 Å². The highest BCUT2D eigenvalue weighted by atomic mass is 16.5. The second kappa shape index (κ2) is 24.7. The lowest BCUT2D eigenvalue weighted by atomic mass is 9.90. The predicted molar refractivity (Wildman–Crippen MR) is 183 cm³/mol. The Balaban J connectivity index is 0.000000910. The topological polar surface area (TPSA) is 263 Å². The summed E-state index contributed by atoms with van der Waals surface area (Å²) in [5.41, 5.74) is 16.2. The summed E-state index contributed by atoms with van der Waals surface area (Å²) in [6.07, 6.45) is 2.33. The number of primary amides is 1. The Morgan fingerprint density at radius 3 is 1.69 bits per heavy atom. The lowest BCUT2D eigenvalue weighted by molar-refractivity contribution is -0.136. The van der Waals surface area contributed by atoms with E-state index in [1.807, 2.05) is 77.1 Å². The molecule has 0 spiro atoms. The van der Waals surface area contributed by atoms with Gasteiger partial charge in [-0.2, -0.15) is 0 Å². The van der Waals surface area contributed by atoms with Crippen molar-refractivity contribution in [2.75, 3.05) is 6.54 Å². The number of amides is 5. The van der Waals surface area contributed by atoms with Gasteiger partial charge in [-0.05, 0) is 47.4 Å². The molecule has 0 bridgehead atoms. The average Bonchev–Trinajstić information content (AvgIpc) is 3.06. The van der Waals surface area contributed by atoms with E-state index in [9.17, 15) is 28.8 Å². The molecule has 15 heteroatoms. The summed E-state index contributed by atoms with van der Waals surface area (Å²) in [5, 5.41) is 29.7. The van der Waals surface area contributed by atoms with Crippen molar-refractivity contribution in [2.45, 2.75) is 85.6 Å². The minimum absolute atomic E-state index is 0.00468. The highest BCUT2D eigenvalue weighted by Gasteiger charge is 2.27. The van der Waals surface area contributed by atoms with Gasteiger partial charge in [-0.1, -0.05) is 77.1 Å². The maximum absolute atomic E-state index is 12.7. The van der Waals surface area contributed by atoms with Gasteiger partial charge < -0.3 is 16.8 Å². The smallest absolute Gasteiger partial charge is 0.244 e. The van der Waals surface area contributed by atoms with Gasteiger partial charge in [0.2, 0.25) is 29.5 Å². The molecule has 0 aliphatic rings. The molecule has 274 valence electrons. The Morgan fingerprint density at radius 2 is 1.24 bits per heavy atom. The highest BCUT2D eigenvalue weighted by molar-refractivity contribution is 5.90. The molecule has 2 unspecified atom stereocenters. The number of rotatable bonds is 17. The van der Waals surface area contributed by atoms with Crippen molar-refractivity contribution >= 4 is 46.1 Å². The van der Waals surface area contributed by atoms with E-state index in [1.54, 1.807) is 5.48 Å².